The number of halogens is 1. The maximum absolute atomic E-state index is 16.0. The van der Waals surface area contributed by atoms with Gasteiger partial charge in [-0.05, 0) is 0 Å². The van der Waals surface area contributed by atoms with E-state index in [1.165, 1.54) is 28.9 Å². The Morgan fingerprint density at radius 3 is 2.60 bits per heavy atom. The van der Waals surface area contributed by atoms with Crippen LogP contribution in [0.3, 0.4) is 0 Å². The lowest BCUT2D eigenvalue weighted by atomic mass is 10.1. The van der Waals surface area contributed by atoms with Gasteiger partial charge in [0.05, 0.1) is 25.3 Å². The van der Waals surface area contributed by atoms with Gasteiger partial charge in [-0.1, -0.05) is 0 Å². The Morgan fingerprint density at radius 2 is 1.82 bits per heavy atom. The summed E-state index contributed by atoms with van der Waals surface area (Å²) in [5.41, 5.74) is 11.2. The Hall–Kier alpha value is -3.56. The number of nitrogen functional groups attached to an aromatic ring is 2. The highest BCUT2D eigenvalue weighted by molar-refractivity contribution is 7.50. The van der Waals surface area contributed by atoms with Crippen molar-refractivity contribution in [1.82, 2.24) is 44.1 Å². The van der Waals surface area contributed by atoms with Crippen molar-refractivity contribution in [3.8, 4) is 0 Å². The third-order valence-electron chi connectivity index (χ3n) is 7.55. The van der Waals surface area contributed by atoms with Gasteiger partial charge < -0.3 is 30.6 Å². The average molecular weight is 672 g/mol. The summed E-state index contributed by atoms with van der Waals surface area (Å²) in [4.78, 5) is 45.6. The molecule has 24 heteroatoms. The van der Waals surface area contributed by atoms with Crippen LogP contribution in [0.1, 0.15) is 12.5 Å². The van der Waals surface area contributed by atoms with Crippen LogP contribution in [0, 0.1) is 0 Å². The fourth-order valence-electron chi connectivity index (χ4n) is 5.55. The van der Waals surface area contributed by atoms with Crippen molar-refractivity contribution in [2.75, 3.05) is 31.8 Å². The van der Waals surface area contributed by atoms with Crippen LogP contribution in [0.5, 0.6) is 0 Å². The van der Waals surface area contributed by atoms with Crippen molar-refractivity contribution < 1.29 is 46.2 Å². The van der Waals surface area contributed by atoms with Crippen LogP contribution in [-0.2, 0) is 36.9 Å². The van der Waals surface area contributed by atoms with Crippen LogP contribution in [0.4, 0.5) is 16.2 Å². The molecule has 0 amide bonds. The lowest BCUT2D eigenvalue weighted by molar-refractivity contribution is -0.0519. The zero-order valence-electron chi connectivity index (χ0n) is 22.9. The topological polar surface area (TPSA) is 281 Å². The summed E-state index contributed by atoms with van der Waals surface area (Å²) in [5.74, 6) is -0.148. The summed E-state index contributed by atoms with van der Waals surface area (Å²) in [6.45, 7) is -1.13. The van der Waals surface area contributed by atoms with E-state index in [-0.39, 0.29) is 34.1 Å². The fraction of sp³-hybridized carbons (Fsp3) is 0.524. The Bertz CT molecular complexity index is 1890. The Morgan fingerprint density at radius 1 is 1.09 bits per heavy atom. The van der Waals surface area contributed by atoms with Crippen molar-refractivity contribution >= 4 is 50.1 Å². The summed E-state index contributed by atoms with van der Waals surface area (Å²) < 4.78 is 78.9. The number of aromatic nitrogens is 8. The fourth-order valence-corrected chi connectivity index (χ4v) is 7.41. The zero-order chi connectivity index (χ0) is 31.6. The molecule has 7 heterocycles. The molecule has 7 N–H and O–H groups in total. The van der Waals surface area contributed by atoms with E-state index < -0.39 is 83.9 Å². The van der Waals surface area contributed by atoms with Crippen LogP contribution in [0.2, 0.25) is 0 Å². The van der Waals surface area contributed by atoms with Gasteiger partial charge in [0.15, 0.2) is 47.4 Å². The van der Waals surface area contributed by atoms with Crippen molar-refractivity contribution in [2.45, 2.75) is 49.1 Å². The molecule has 45 heavy (non-hydrogen) atoms. The number of H-pyrrole nitrogens is 1. The standard InChI is InChI=1S/C21H24FN11O10P2/c1-38-13-8-3-40-45(36,37)31-10-7(41-19(9(10)22)32-5-27-11-15(23)25-4-26-16(11)32)2-39-44(35)43-14(13)20(42-8)33-6-28-12-17(33)29-21(24)30-18(12)34/h4-10,13-14,19-20H,2-3H2,1H3,(H6-,23,24,25,26,29,30,31,34,36,37)/p+1. The maximum atomic E-state index is 16.0. The molecular formula is C21H25FN11O10P2+. The van der Waals surface area contributed by atoms with Crippen molar-refractivity contribution in [3.63, 3.8) is 0 Å². The number of anilines is 2. The molecule has 10 unspecified atom stereocenters. The molecule has 3 aliphatic rings. The molecule has 2 bridgehead atoms. The smallest absolute Gasteiger partial charge is 0.382 e. The predicted molar refractivity (Wildman–Crippen MR) is 147 cm³/mol. The molecule has 0 spiro atoms. The number of hydrogen-bond donors (Lipinski definition) is 5. The van der Waals surface area contributed by atoms with Gasteiger partial charge in [0.2, 0.25) is 5.95 Å². The molecule has 7 rings (SSSR count). The highest BCUT2D eigenvalue weighted by Gasteiger charge is 2.55. The van der Waals surface area contributed by atoms with Gasteiger partial charge in [0, 0.05) is 11.7 Å². The molecule has 10 atom stereocenters. The highest BCUT2D eigenvalue weighted by atomic mass is 31.2. The number of methoxy groups -OCH3 is 1. The average Bonchev–Trinajstić information content (AvgIpc) is 3.75. The number of hydrogen-bond acceptors (Lipinski definition) is 16. The second kappa shape index (κ2) is 11.4. The van der Waals surface area contributed by atoms with Gasteiger partial charge in [-0.25, -0.2) is 34.0 Å². The molecular weight excluding hydrogens is 647 g/mol. The van der Waals surface area contributed by atoms with Gasteiger partial charge in [0.1, 0.15) is 36.8 Å². The molecule has 0 radical (unpaired) electrons. The van der Waals surface area contributed by atoms with E-state index >= 15 is 4.39 Å². The number of nitrogens with zero attached hydrogens (tertiary/aromatic N) is 7. The first kappa shape index (κ1) is 30.1. The first-order valence-corrected chi connectivity index (χ1v) is 15.9. The van der Waals surface area contributed by atoms with Gasteiger partial charge in [-0.3, -0.25) is 23.4 Å². The van der Waals surface area contributed by atoms with Gasteiger partial charge >= 0.3 is 16.0 Å². The molecule has 0 aromatic carbocycles. The summed E-state index contributed by atoms with van der Waals surface area (Å²) in [6.07, 6.45) is -5.63. The molecule has 3 aliphatic heterocycles. The number of ether oxygens (including phenoxy) is 3. The highest BCUT2D eigenvalue weighted by Crippen LogP contribution is 2.47. The van der Waals surface area contributed by atoms with E-state index in [1.807, 2.05) is 0 Å². The SMILES string of the molecule is COC1C2COP(=O)(O)NC3C(CO[P+](=O)OC1C(n1cnc4c(=O)[nH]c(N)nc41)O2)OC(n1cnc2c(N)ncnc21)C3F. The van der Waals surface area contributed by atoms with Gasteiger partial charge in [-0.15, -0.1) is 9.05 Å². The summed E-state index contributed by atoms with van der Waals surface area (Å²) >= 11 is 0. The van der Waals surface area contributed by atoms with E-state index in [9.17, 15) is 18.8 Å². The van der Waals surface area contributed by atoms with Gasteiger partial charge in [0.25, 0.3) is 5.56 Å². The van der Waals surface area contributed by atoms with Crippen LogP contribution in [-0.4, -0.2) is 101 Å². The molecule has 0 saturated carbocycles. The van der Waals surface area contributed by atoms with E-state index in [0.29, 0.717) is 0 Å². The number of aromatic amines is 1. The van der Waals surface area contributed by atoms with E-state index in [2.05, 4.69) is 35.0 Å². The monoisotopic (exact) mass is 672 g/mol. The number of fused-ring (bicyclic) bond motifs is 5. The number of nitrogens with two attached hydrogens (primary N) is 2. The largest absolute Gasteiger partial charge is 0.698 e. The lowest BCUT2D eigenvalue weighted by Crippen LogP contribution is -2.43. The molecule has 240 valence electrons. The van der Waals surface area contributed by atoms with Crippen LogP contribution in [0.25, 0.3) is 22.3 Å². The maximum Gasteiger partial charge on any atom is 0.698 e. The third-order valence-corrected chi connectivity index (χ3v) is 9.45. The number of alkyl halides is 1. The molecule has 3 saturated heterocycles. The Balaban J connectivity index is 1.20. The van der Waals surface area contributed by atoms with Crippen molar-refractivity contribution in [3.05, 3.63) is 29.3 Å². The molecule has 21 nitrogen and oxygen atoms in total. The first-order chi connectivity index (χ1) is 21.5. The zero-order valence-corrected chi connectivity index (χ0v) is 24.7. The van der Waals surface area contributed by atoms with Crippen LogP contribution >= 0.6 is 16.0 Å². The van der Waals surface area contributed by atoms with E-state index in [0.717, 1.165) is 6.33 Å². The number of nitrogens with one attached hydrogen (secondary N) is 2. The second-order valence-corrected chi connectivity index (χ2v) is 12.7. The van der Waals surface area contributed by atoms with Gasteiger partial charge in [-0.2, -0.15) is 4.98 Å². The van der Waals surface area contributed by atoms with E-state index in [4.69, 9.17) is 39.2 Å². The van der Waals surface area contributed by atoms with Crippen LogP contribution < -0.4 is 22.1 Å². The van der Waals surface area contributed by atoms with Crippen molar-refractivity contribution in [2.24, 2.45) is 0 Å². The molecule has 4 aromatic rings. The first-order valence-electron chi connectivity index (χ1n) is 13.2. The summed E-state index contributed by atoms with van der Waals surface area (Å²) in [5, 5.41) is 2.28. The number of rotatable bonds is 3. The van der Waals surface area contributed by atoms with E-state index in [1.54, 1.807) is 0 Å². The normalized spacial score (nSPS) is 35.2. The summed E-state index contributed by atoms with van der Waals surface area (Å²) in [7, 11) is -6.44. The number of imidazole rings is 2. The molecule has 3 fully saturated rings. The van der Waals surface area contributed by atoms with Crippen LogP contribution in [0.15, 0.2) is 23.8 Å². The molecule has 0 aliphatic carbocycles. The molecule has 4 aromatic heterocycles. The Labute approximate surface area is 250 Å². The second-order valence-electron chi connectivity index (χ2n) is 10.2. The minimum absolute atomic E-state index is 0.0132. The minimum atomic E-state index is -4.77. The third kappa shape index (κ3) is 5.27. The Kier molecular flexibility index (Phi) is 7.60. The quantitative estimate of drug-likeness (QED) is 0.170. The summed E-state index contributed by atoms with van der Waals surface area (Å²) in [6, 6.07) is -1.50. The lowest BCUT2D eigenvalue weighted by Gasteiger charge is -2.24. The predicted octanol–water partition coefficient (Wildman–Crippen LogP) is -0.580. The van der Waals surface area contributed by atoms with Crippen molar-refractivity contribution in [1.29, 1.82) is 0 Å². The minimum Gasteiger partial charge on any atom is -0.382 e.